The minimum absolute atomic E-state index is 0.00900. The molecular formula is C94H98Cl2F6I2N26O14S2. The summed E-state index contributed by atoms with van der Waals surface area (Å²) >= 11 is 20.2. The molecule has 15 rings (SSSR count). The lowest BCUT2D eigenvalue weighted by Gasteiger charge is -2.35. The molecule has 8 N–H and O–H groups in total. The van der Waals surface area contributed by atoms with Crippen LogP contribution < -0.4 is 54.7 Å². The highest BCUT2D eigenvalue weighted by atomic mass is 128. The third-order valence-electron chi connectivity index (χ3n) is 23.0. The van der Waals surface area contributed by atoms with E-state index in [4.69, 9.17) is 44.6 Å². The highest BCUT2D eigenvalue weighted by Crippen LogP contribution is 2.36. The first-order valence-electron chi connectivity index (χ1n) is 44.6. The number of aliphatic hydroxyl groups excluding tert-OH is 2. The van der Waals surface area contributed by atoms with Crippen LogP contribution in [0.4, 0.5) is 49.6 Å². The average molecular weight is 2320 g/mol. The van der Waals surface area contributed by atoms with Crippen LogP contribution in [0.1, 0.15) is 93.7 Å². The number of terminal acetylenes is 1. The fourth-order valence-electron chi connectivity index (χ4n) is 15.7. The summed E-state index contributed by atoms with van der Waals surface area (Å²) in [5.41, 5.74) is 13.1. The van der Waals surface area contributed by atoms with Gasteiger partial charge in [0.1, 0.15) is 54.7 Å². The molecule has 13 aromatic rings. The number of carbonyl (C=O) groups is 6. The van der Waals surface area contributed by atoms with Gasteiger partial charge in [-0.2, -0.15) is 20.2 Å². The van der Waals surface area contributed by atoms with E-state index in [1.165, 1.54) is 32.0 Å². The van der Waals surface area contributed by atoms with Crippen LogP contribution in [0, 0.1) is 71.9 Å². The van der Waals surface area contributed by atoms with Gasteiger partial charge in [-0.1, -0.05) is 130 Å². The van der Waals surface area contributed by atoms with Crippen LogP contribution in [-0.2, 0) is 98.1 Å². The van der Waals surface area contributed by atoms with E-state index in [2.05, 4.69) is 126 Å². The zero-order valence-corrected chi connectivity index (χ0v) is 87.3. The van der Waals surface area contributed by atoms with E-state index in [0.29, 0.717) is 55.2 Å². The van der Waals surface area contributed by atoms with Crippen LogP contribution in [0.3, 0.4) is 0 Å². The number of aromatic nitrogens is 15. The number of ether oxygens (including phenoxy) is 2. The van der Waals surface area contributed by atoms with Gasteiger partial charge < -0.3 is 61.4 Å². The topological polar surface area (TPSA) is 495 Å². The molecule has 146 heavy (non-hydrogen) atoms. The second-order valence-electron chi connectivity index (χ2n) is 35.8. The van der Waals surface area contributed by atoms with Crippen LogP contribution in [0.25, 0.3) is 53.1 Å². The zero-order chi connectivity index (χ0) is 106. The molecule has 6 amide bonds. The van der Waals surface area contributed by atoms with Gasteiger partial charge in [-0.05, 0) is 88.9 Å². The number of benzene rings is 6. The van der Waals surface area contributed by atoms with Gasteiger partial charge in [-0.15, -0.1) is 34.2 Å². The second-order valence-corrected chi connectivity index (χ2v) is 38.3. The maximum atomic E-state index is 14.9. The van der Waals surface area contributed by atoms with Crippen molar-refractivity contribution in [3.8, 4) is 33.2 Å². The molecule has 6 aromatic carbocycles. The normalized spacial score (nSPS) is 14.8. The molecule has 0 radical (unpaired) electrons. The van der Waals surface area contributed by atoms with E-state index < -0.39 is 173 Å². The quantitative estimate of drug-likeness (QED) is 0.00277. The Labute approximate surface area is 869 Å². The first kappa shape index (κ1) is 111. The first-order valence-corrected chi connectivity index (χ1v) is 53.4. The first-order chi connectivity index (χ1) is 69.4. The number of hydrogen-bond donors (Lipinski definition) is 8. The van der Waals surface area contributed by atoms with Crippen LogP contribution in [0.5, 0.6) is 0 Å². The van der Waals surface area contributed by atoms with Crippen molar-refractivity contribution in [2.75, 3.05) is 56.7 Å². The molecule has 6 atom stereocenters. The number of azide groups is 1. The number of β-amino-alcohol motifs (C(OH)–C–C–N with tert-alkyl or cyclic N) is 2. The lowest BCUT2D eigenvalue weighted by molar-refractivity contribution is -0.144. The SMILES string of the molecule is C#CCn1c(=O)nc(Nc2cc3cn(C)nc3cc2Cl)n(Cc2cc(F)c(F)cc2F)c1=O.Cc1ncsc1-c1ccc(CNC(=O)[C@@H]2C[C@@H](O)CN2C(=O)[C@@H](NC(=O)COCCN=[N+]=[N-])C(C)(C)C)cc1.Cc1ncsc1-c1ccc(CNC(=O)[C@@H]2C[C@@H](O)CN2C(=O)[C@@H](NC(=O)COCCn2cc(Cn3c(=O)nc(Nc4cc5cn(C)nc5cc4Cl)n(Cc4cc(F)c(F)cc4F)c3=O)nn2)C(C)(C)C)cc1.II. The summed E-state index contributed by atoms with van der Waals surface area (Å²) in [6.45, 7) is 12.2. The lowest BCUT2D eigenvalue weighted by Crippen LogP contribution is -2.58. The number of nitrogens with one attached hydrogen (secondary N) is 6. The minimum Gasteiger partial charge on any atom is -0.391 e. The molecule has 0 aliphatic carbocycles. The molecular weight excluding hydrogens is 2220 g/mol. The molecule has 0 spiro atoms. The van der Waals surface area contributed by atoms with Crippen molar-refractivity contribution in [2.24, 2.45) is 30.0 Å². The number of rotatable bonds is 33. The Morgan fingerprint density at radius 3 is 1.42 bits per heavy atom. The van der Waals surface area contributed by atoms with Crippen LogP contribution in [0.15, 0.2) is 151 Å². The van der Waals surface area contributed by atoms with Crippen molar-refractivity contribution >= 4 is 164 Å². The summed E-state index contributed by atoms with van der Waals surface area (Å²) in [6.07, 6.45) is 8.38. The highest BCUT2D eigenvalue weighted by Gasteiger charge is 2.47. The summed E-state index contributed by atoms with van der Waals surface area (Å²) in [6, 6.07) is 19.9. The third kappa shape index (κ3) is 28.3. The Bertz CT molecular complexity index is 7360. The molecule has 40 nitrogen and oxygen atoms in total. The van der Waals surface area contributed by atoms with Gasteiger partial charge in [0.15, 0.2) is 23.3 Å². The van der Waals surface area contributed by atoms with Gasteiger partial charge in [-0.3, -0.25) is 47.3 Å². The predicted molar refractivity (Wildman–Crippen MR) is 549 cm³/mol. The van der Waals surface area contributed by atoms with Crippen molar-refractivity contribution in [1.29, 1.82) is 0 Å². The number of carbonyl (C=O) groups excluding carboxylic acids is 6. The maximum Gasteiger partial charge on any atom is 0.355 e. The predicted octanol–water partition coefficient (Wildman–Crippen LogP) is 11.2. The number of fused-ring (bicyclic) bond motifs is 2. The van der Waals surface area contributed by atoms with Crippen LogP contribution in [0.2, 0.25) is 10.0 Å². The summed E-state index contributed by atoms with van der Waals surface area (Å²) in [7, 11) is 3.43. The minimum atomic E-state index is -1.44. The number of hydrogen-bond acceptors (Lipinski definition) is 27. The van der Waals surface area contributed by atoms with Crippen molar-refractivity contribution in [2.45, 2.75) is 150 Å². The summed E-state index contributed by atoms with van der Waals surface area (Å²) < 4.78 is 103. The van der Waals surface area contributed by atoms with Gasteiger partial charge in [-0.25, -0.2) is 69.3 Å². The van der Waals surface area contributed by atoms with Crippen molar-refractivity contribution < 1.29 is 74.8 Å². The largest absolute Gasteiger partial charge is 0.391 e. The monoisotopic (exact) mass is 2320 g/mol. The fourth-order valence-corrected chi connectivity index (χ4v) is 17.7. The zero-order valence-electron chi connectivity index (χ0n) is 79.8. The Balaban J connectivity index is 0.000000215. The molecule has 0 saturated carbocycles. The molecule has 2 aliphatic rings. The van der Waals surface area contributed by atoms with Gasteiger partial charge in [0, 0.05) is 148 Å². The summed E-state index contributed by atoms with van der Waals surface area (Å²) in [5.74, 6) is -9.17. The number of thiazole rings is 2. The Kier molecular flexibility index (Phi) is 37.9. The van der Waals surface area contributed by atoms with E-state index >= 15 is 0 Å². The Morgan fingerprint density at radius 1 is 0.589 bits per heavy atom. The van der Waals surface area contributed by atoms with Gasteiger partial charge in [0.2, 0.25) is 47.3 Å². The van der Waals surface area contributed by atoms with E-state index in [9.17, 15) is 84.5 Å². The van der Waals surface area contributed by atoms with E-state index in [0.717, 1.165) is 52.5 Å². The van der Waals surface area contributed by atoms with Gasteiger partial charge in [0.05, 0.1) is 129 Å². The number of nitrogens with zero attached hydrogens (tertiary/aromatic N) is 20. The number of aliphatic hydroxyl groups is 2. The average Bonchev–Trinajstić information content (AvgIpc) is 1.05. The number of likely N-dealkylation sites (tertiary alicyclic amines) is 2. The van der Waals surface area contributed by atoms with Gasteiger partial charge >= 0.3 is 22.8 Å². The second kappa shape index (κ2) is 49.7. The number of aryl methyl sites for hydroxylation is 4. The third-order valence-corrected chi connectivity index (χ3v) is 25.5. The fraction of sp³-hybridized carbons (Fsp3) is 0.362. The van der Waals surface area contributed by atoms with Crippen molar-refractivity contribution in [1.82, 2.24) is 104 Å². The van der Waals surface area contributed by atoms with E-state index in [1.54, 1.807) is 124 Å². The molecule has 2 saturated heterocycles. The highest BCUT2D eigenvalue weighted by molar-refractivity contribution is 15.0. The van der Waals surface area contributed by atoms with E-state index in [1.807, 2.05) is 62.4 Å². The van der Waals surface area contributed by atoms with Gasteiger partial charge in [0.25, 0.3) is 0 Å². The van der Waals surface area contributed by atoms with Crippen LogP contribution >= 0.6 is 83.1 Å². The molecule has 2 aliphatic heterocycles. The van der Waals surface area contributed by atoms with Crippen molar-refractivity contribution in [3.63, 3.8) is 0 Å². The molecule has 7 aromatic heterocycles. The molecule has 0 bridgehead atoms. The maximum absolute atomic E-state index is 14.9. The molecule has 770 valence electrons. The summed E-state index contributed by atoms with van der Waals surface area (Å²) in [5, 5.41) is 59.4. The standard InChI is InChI=1S/C47H49ClF3N13O7S.C26H35N7O5S.C21H14ClF3N6O2.I2/c1-25-40(72-24-53-25)27-8-6-26(7-9-27)17-52-42(67)38-14-31(65)22-62(38)43(68)41(47(2,3)4)55-39(66)23-71-11-10-61-20-30(57-59-61)21-64-45(69)56-44(54-37-13-29-18-60(5)58-36(29)15-32(37)48)63(46(64)70)19-28-12-34(50)35(51)16-33(28)49;1-16-22(39-15-29-16)18-7-5-17(6-8-18)12-28-24(36)20-11-19(34)13-33(20)25(37)23(26(2,3)4)31-21(35)14-38-10-9-30-32-27;1-3-4-30-20(32)27-19(26-18-6-12-9-29(2)28-17(12)7-13(18)22)31(21(30)33)10-11-5-15(24)16(25)8-14(11)23;1-2/h6-9,12-13,15-16,18,20,24,31,38,41,65H,10-11,14,17,19,21-23H2,1-5H3,(H,52,67)(H,55,66)(H,54,56,69);5-8,15,19-20,23,34H,9-14H2,1-4H3,(H,28,36)(H,31,35);1,5-9H,4,10H2,2H3,(H,26,27,32);/t31-,38+,41-;19-,20+,23-;;/m11../s1. The van der Waals surface area contributed by atoms with E-state index in [-0.39, 0.29) is 122 Å². The lowest BCUT2D eigenvalue weighted by atomic mass is 9.85. The number of amides is 6. The smallest absolute Gasteiger partial charge is 0.355 e. The number of anilines is 4. The number of halogens is 10. The van der Waals surface area contributed by atoms with Crippen molar-refractivity contribution in [3.05, 3.63) is 263 Å². The molecule has 9 heterocycles. The Hall–Kier alpha value is -13.4. The molecule has 2 fully saturated rings. The van der Waals surface area contributed by atoms with Crippen LogP contribution in [-0.4, -0.2) is 211 Å². The molecule has 0 unspecified atom stereocenters. The summed E-state index contributed by atoms with van der Waals surface area (Å²) in [4.78, 5) is 157. The molecule has 52 heteroatoms. The Morgan fingerprint density at radius 2 is 1.01 bits per heavy atom.